The van der Waals surface area contributed by atoms with E-state index in [9.17, 15) is 0 Å². The molecule has 0 saturated carbocycles. The van der Waals surface area contributed by atoms with Crippen LogP contribution in [-0.4, -0.2) is 26.7 Å². The van der Waals surface area contributed by atoms with Crippen LogP contribution in [0.15, 0.2) is 47.5 Å². The van der Waals surface area contributed by atoms with Gasteiger partial charge in [-0.15, -0.1) is 24.0 Å². The summed E-state index contributed by atoms with van der Waals surface area (Å²) >= 11 is 5.90. The molecule has 0 spiro atoms. The highest BCUT2D eigenvalue weighted by Crippen LogP contribution is 2.27. The Kier molecular flexibility index (Phi) is 10.2. The van der Waals surface area contributed by atoms with Gasteiger partial charge in [0, 0.05) is 25.2 Å². The lowest BCUT2D eigenvalue weighted by Crippen LogP contribution is -2.36. The molecule has 0 fully saturated rings. The Morgan fingerprint density at radius 3 is 2.19 bits per heavy atom. The summed E-state index contributed by atoms with van der Waals surface area (Å²) < 4.78 is 10.9. The number of nitrogens with one attached hydrogen (secondary N) is 2. The second-order valence-corrected chi connectivity index (χ2v) is 5.76. The Morgan fingerprint density at radius 2 is 1.62 bits per heavy atom. The summed E-state index contributed by atoms with van der Waals surface area (Å²) in [5, 5.41) is 7.29. The first kappa shape index (κ1) is 22.4. The Labute approximate surface area is 177 Å². The Hall–Kier alpha value is -1.67. The van der Waals surface area contributed by atoms with Gasteiger partial charge in [0.1, 0.15) is 0 Å². The molecule has 0 saturated heterocycles. The summed E-state index contributed by atoms with van der Waals surface area (Å²) in [6, 6.07) is 13.6. The number of ether oxygens (including phenoxy) is 2. The van der Waals surface area contributed by atoms with Crippen molar-refractivity contribution in [1.29, 1.82) is 0 Å². The third-order valence-corrected chi connectivity index (χ3v) is 3.84. The molecule has 2 aromatic rings. The third kappa shape index (κ3) is 6.92. The molecule has 0 amide bonds. The maximum absolute atomic E-state index is 5.90. The van der Waals surface area contributed by atoms with Gasteiger partial charge in [-0.1, -0.05) is 29.8 Å². The lowest BCUT2D eigenvalue weighted by atomic mass is 10.2. The summed E-state index contributed by atoms with van der Waals surface area (Å²) in [6.45, 7) is 3.85. The Balaban J connectivity index is 0.00000338. The van der Waals surface area contributed by atoms with E-state index in [4.69, 9.17) is 21.1 Å². The average molecular weight is 490 g/mol. The molecule has 0 aromatic heterocycles. The Morgan fingerprint density at radius 1 is 1.00 bits per heavy atom. The van der Waals surface area contributed by atoms with Gasteiger partial charge in [-0.05, 0) is 42.3 Å². The van der Waals surface area contributed by atoms with Crippen molar-refractivity contribution in [3.63, 3.8) is 0 Å². The molecule has 0 atom stereocenters. The molecule has 0 aliphatic carbocycles. The lowest BCUT2D eigenvalue weighted by Gasteiger charge is -2.14. The lowest BCUT2D eigenvalue weighted by molar-refractivity contribution is 0.310. The predicted molar refractivity (Wildman–Crippen MR) is 118 cm³/mol. The van der Waals surface area contributed by atoms with Crippen LogP contribution in [0.3, 0.4) is 0 Å². The van der Waals surface area contributed by atoms with Crippen LogP contribution in [0, 0.1) is 0 Å². The van der Waals surface area contributed by atoms with Crippen LogP contribution in [0.1, 0.15) is 18.1 Å². The number of halogens is 2. The number of rotatable bonds is 7. The van der Waals surface area contributed by atoms with Crippen LogP contribution in [0.4, 0.5) is 0 Å². The zero-order valence-corrected chi connectivity index (χ0v) is 18.3. The van der Waals surface area contributed by atoms with Crippen molar-refractivity contribution in [3.05, 3.63) is 58.6 Å². The highest BCUT2D eigenvalue weighted by atomic mass is 127. The van der Waals surface area contributed by atoms with Gasteiger partial charge in [-0.25, -0.2) is 0 Å². The molecule has 0 aliphatic heterocycles. The van der Waals surface area contributed by atoms with Crippen molar-refractivity contribution in [1.82, 2.24) is 10.6 Å². The fourth-order valence-electron chi connectivity index (χ4n) is 2.29. The van der Waals surface area contributed by atoms with Gasteiger partial charge >= 0.3 is 0 Å². The van der Waals surface area contributed by atoms with Gasteiger partial charge in [-0.3, -0.25) is 4.99 Å². The minimum atomic E-state index is 0. The zero-order valence-electron chi connectivity index (χ0n) is 15.2. The number of hydrogen-bond donors (Lipinski definition) is 2. The molecular weight excluding hydrogens is 465 g/mol. The second kappa shape index (κ2) is 11.9. The van der Waals surface area contributed by atoms with Crippen molar-refractivity contribution in [2.45, 2.75) is 20.0 Å². The maximum atomic E-state index is 5.90. The average Bonchev–Trinajstić information content (AvgIpc) is 2.64. The summed E-state index contributed by atoms with van der Waals surface area (Å²) in [5.74, 6) is 2.20. The monoisotopic (exact) mass is 489 g/mol. The predicted octanol–water partition coefficient (Wildman–Crippen LogP) is 4.23. The smallest absolute Gasteiger partial charge is 0.191 e. The molecule has 142 valence electrons. The molecule has 0 bridgehead atoms. The number of nitrogens with zero attached hydrogens (tertiary/aromatic N) is 1. The molecule has 0 unspecified atom stereocenters. The molecule has 2 N–H and O–H groups in total. The highest BCUT2D eigenvalue weighted by molar-refractivity contribution is 14.0. The number of benzene rings is 2. The fraction of sp³-hybridized carbons (Fsp3) is 0.316. The van der Waals surface area contributed by atoms with Crippen molar-refractivity contribution < 1.29 is 9.47 Å². The van der Waals surface area contributed by atoms with E-state index < -0.39 is 0 Å². The van der Waals surface area contributed by atoms with Crippen LogP contribution in [-0.2, 0) is 13.1 Å². The number of guanidine groups is 1. The molecular formula is C19H25ClIN3O2. The minimum absolute atomic E-state index is 0. The SMILES string of the molecule is CCOc1ccc(CNC(=NC)NCc2ccc(Cl)cc2)cc1OC.I. The van der Waals surface area contributed by atoms with Crippen LogP contribution in [0.5, 0.6) is 11.5 Å². The second-order valence-electron chi connectivity index (χ2n) is 5.32. The maximum Gasteiger partial charge on any atom is 0.191 e. The van der Waals surface area contributed by atoms with Gasteiger partial charge in [-0.2, -0.15) is 0 Å². The quantitative estimate of drug-likeness (QED) is 0.347. The summed E-state index contributed by atoms with van der Waals surface area (Å²) in [5.41, 5.74) is 2.21. The molecule has 2 rings (SSSR count). The molecule has 5 nitrogen and oxygen atoms in total. The minimum Gasteiger partial charge on any atom is -0.493 e. The van der Waals surface area contributed by atoms with E-state index in [1.807, 2.05) is 49.4 Å². The van der Waals surface area contributed by atoms with Crippen molar-refractivity contribution in [2.24, 2.45) is 4.99 Å². The van der Waals surface area contributed by atoms with Crippen LogP contribution in [0.2, 0.25) is 5.02 Å². The van der Waals surface area contributed by atoms with Gasteiger partial charge < -0.3 is 20.1 Å². The largest absolute Gasteiger partial charge is 0.493 e. The summed E-state index contributed by atoms with van der Waals surface area (Å²) in [6.07, 6.45) is 0. The first-order valence-corrected chi connectivity index (χ1v) is 8.52. The zero-order chi connectivity index (χ0) is 18.1. The van der Waals surface area contributed by atoms with E-state index in [2.05, 4.69) is 15.6 Å². The van der Waals surface area contributed by atoms with E-state index in [1.165, 1.54) is 0 Å². The van der Waals surface area contributed by atoms with Gasteiger partial charge in [0.25, 0.3) is 0 Å². The van der Waals surface area contributed by atoms with Gasteiger partial charge in [0.15, 0.2) is 17.5 Å². The van der Waals surface area contributed by atoms with E-state index in [1.54, 1.807) is 14.2 Å². The fourth-order valence-corrected chi connectivity index (χ4v) is 2.42. The Bertz CT molecular complexity index is 708. The van der Waals surface area contributed by atoms with Crippen LogP contribution < -0.4 is 20.1 Å². The van der Waals surface area contributed by atoms with Crippen molar-refractivity contribution in [2.75, 3.05) is 20.8 Å². The molecule has 0 radical (unpaired) electrons. The molecule has 0 heterocycles. The molecule has 2 aromatic carbocycles. The number of methoxy groups -OCH3 is 1. The van der Waals surface area contributed by atoms with Gasteiger partial charge in [0.05, 0.1) is 13.7 Å². The molecule has 0 aliphatic rings. The normalized spacial score (nSPS) is 10.7. The third-order valence-electron chi connectivity index (χ3n) is 3.58. The van der Waals surface area contributed by atoms with E-state index in [0.717, 1.165) is 33.6 Å². The molecule has 7 heteroatoms. The van der Waals surface area contributed by atoms with Crippen LogP contribution in [0.25, 0.3) is 0 Å². The van der Waals surface area contributed by atoms with Crippen molar-refractivity contribution in [3.8, 4) is 11.5 Å². The van der Waals surface area contributed by atoms with Gasteiger partial charge in [0.2, 0.25) is 0 Å². The van der Waals surface area contributed by atoms with E-state index >= 15 is 0 Å². The summed E-state index contributed by atoms with van der Waals surface area (Å²) in [4.78, 5) is 4.24. The standard InChI is InChI=1S/C19H24ClN3O2.HI/c1-4-25-17-10-7-15(11-18(17)24-3)13-23-19(21-2)22-12-14-5-8-16(20)9-6-14;/h5-11H,4,12-13H2,1-3H3,(H2,21,22,23);1H. The number of hydrogen-bond acceptors (Lipinski definition) is 3. The summed E-state index contributed by atoms with van der Waals surface area (Å²) in [7, 11) is 3.39. The van der Waals surface area contributed by atoms with E-state index in [-0.39, 0.29) is 24.0 Å². The van der Waals surface area contributed by atoms with Crippen molar-refractivity contribution >= 4 is 41.5 Å². The first-order chi connectivity index (χ1) is 12.2. The topological polar surface area (TPSA) is 54.9 Å². The first-order valence-electron chi connectivity index (χ1n) is 8.15. The number of aliphatic imine (C=N–C) groups is 1. The highest BCUT2D eigenvalue weighted by Gasteiger charge is 2.06. The van der Waals surface area contributed by atoms with E-state index in [0.29, 0.717) is 19.7 Å². The molecule has 26 heavy (non-hydrogen) atoms. The van der Waals surface area contributed by atoms with Crippen LogP contribution >= 0.6 is 35.6 Å².